The summed E-state index contributed by atoms with van der Waals surface area (Å²) in [5.74, 6) is 1.55. The summed E-state index contributed by atoms with van der Waals surface area (Å²) in [5.41, 5.74) is 1.46. The second-order valence-electron chi connectivity index (χ2n) is 10.4. The van der Waals surface area contributed by atoms with Gasteiger partial charge in [-0.15, -0.1) is 0 Å². The molecule has 0 fully saturated rings. The predicted octanol–water partition coefficient (Wildman–Crippen LogP) is 9.23. The van der Waals surface area contributed by atoms with Crippen molar-refractivity contribution < 1.29 is 4.57 Å². The summed E-state index contributed by atoms with van der Waals surface area (Å²) in [6.45, 7) is 6.94. The van der Waals surface area contributed by atoms with Gasteiger partial charge >= 0.3 is 0 Å². The number of aromatic nitrogens is 2. The van der Waals surface area contributed by atoms with E-state index >= 15 is 0 Å². The zero-order valence-electron chi connectivity index (χ0n) is 22.8. The average Bonchev–Trinajstić information content (AvgIpc) is 3.25. The van der Waals surface area contributed by atoms with Gasteiger partial charge in [-0.25, -0.2) is 9.13 Å². The summed E-state index contributed by atoms with van der Waals surface area (Å²) >= 11 is 0. The maximum atomic E-state index is 2.55. The Morgan fingerprint density at radius 1 is 0.588 bits per heavy atom. The molecule has 0 bridgehead atoms. The van der Waals surface area contributed by atoms with Crippen LogP contribution in [-0.4, -0.2) is 4.57 Å². The lowest BCUT2D eigenvalue weighted by molar-refractivity contribution is -0.704. The van der Waals surface area contributed by atoms with Crippen molar-refractivity contribution in [3.05, 3.63) is 54.1 Å². The van der Waals surface area contributed by atoms with Gasteiger partial charge < -0.3 is 0 Å². The SMILES string of the molecule is CCCCCCCCCCCCCCCCn1cc[n+](CCCc2ccccc2)c1CCCC. The number of hydrogen-bond donors (Lipinski definition) is 0. The lowest BCUT2D eigenvalue weighted by Gasteiger charge is -2.06. The molecule has 0 unspecified atom stereocenters. The number of aryl methyl sites for hydroxylation is 3. The highest BCUT2D eigenvalue weighted by Gasteiger charge is 2.16. The number of unbranched alkanes of at least 4 members (excludes halogenated alkanes) is 14. The summed E-state index contributed by atoms with van der Waals surface area (Å²) in [6.07, 6.45) is 30.9. The van der Waals surface area contributed by atoms with Gasteiger partial charge in [0, 0.05) is 6.42 Å². The average molecular weight is 468 g/mol. The molecule has 0 saturated heterocycles. The van der Waals surface area contributed by atoms with Crippen LogP contribution in [0.3, 0.4) is 0 Å². The van der Waals surface area contributed by atoms with Crippen molar-refractivity contribution in [1.29, 1.82) is 0 Å². The van der Waals surface area contributed by atoms with Crippen molar-refractivity contribution in [1.82, 2.24) is 4.57 Å². The molecule has 2 nitrogen and oxygen atoms in total. The van der Waals surface area contributed by atoms with Crippen molar-refractivity contribution >= 4 is 0 Å². The van der Waals surface area contributed by atoms with Crippen molar-refractivity contribution in [2.45, 2.75) is 149 Å². The fraction of sp³-hybridized carbons (Fsp3) is 0.719. The maximum Gasteiger partial charge on any atom is 0.256 e. The van der Waals surface area contributed by atoms with E-state index in [-0.39, 0.29) is 0 Å². The Hall–Kier alpha value is -1.57. The molecular weight excluding hydrogens is 412 g/mol. The van der Waals surface area contributed by atoms with Crippen LogP contribution in [0.15, 0.2) is 42.7 Å². The Labute approximate surface area is 212 Å². The van der Waals surface area contributed by atoms with Gasteiger partial charge in [-0.3, -0.25) is 0 Å². The second-order valence-corrected chi connectivity index (χ2v) is 10.4. The molecule has 0 N–H and O–H groups in total. The van der Waals surface area contributed by atoms with Crippen LogP contribution in [0.1, 0.15) is 134 Å². The molecule has 192 valence electrons. The van der Waals surface area contributed by atoms with Gasteiger partial charge in [-0.2, -0.15) is 0 Å². The van der Waals surface area contributed by atoms with E-state index in [0.29, 0.717) is 0 Å². The topological polar surface area (TPSA) is 8.81 Å². The van der Waals surface area contributed by atoms with Gasteiger partial charge in [0.05, 0.1) is 13.1 Å². The number of benzene rings is 1. The fourth-order valence-corrected chi connectivity index (χ4v) is 5.10. The predicted molar refractivity (Wildman–Crippen MR) is 148 cm³/mol. The highest BCUT2D eigenvalue weighted by Crippen LogP contribution is 2.14. The van der Waals surface area contributed by atoms with Crippen LogP contribution in [0.2, 0.25) is 0 Å². The van der Waals surface area contributed by atoms with Crippen molar-refractivity contribution in [2.75, 3.05) is 0 Å². The quantitative estimate of drug-likeness (QED) is 0.120. The molecule has 1 heterocycles. The minimum atomic E-state index is 1.14. The van der Waals surface area contributed by atoms with Crippen molar-refractivity contribution in [3.63, 3.8) is 0 Å². The van der Waals surface area contributed by atoms with E-state index in [1.54, 1.807) is 5.82 Å². The molecule has 0 spiro atoms. The third-order valence-corrected chi connectivity index (χ3v) is 7.30. The van der Waals surface area contributed by atoms with Crippen LogP contribution < -0.4 is 4.57 Å². The van der Waals surface area contributed by atoms with E-state index in [0.717, 1.165) is 6.54 Å². The number of hydrogen-bond acceptors (Lipinski definition) is 0. The molecule has 0 radical (unpaired) electrons. The maximum absolute atomic E-state index is 2.55. The third kappa shape index (κ3) is 12.8. The zero-order chi connectivity index (χ0) is 24.1. The van der Waals surface area contributed by atoms with Gasteiger partial charge in [0.1, 0.15) is 12.4 Å². The summed E-state index contributed by atoms with van der Waals surface area (Å²) in [5, 5.41) is 0. The first-order chi connectivity index (χ1) is 16.8. The molecule has 0 saturated carbocycles. The van der Waals surface area contributed by atoms with Gasteiger partial charge in [-0.1, -0.05) is 128 Å². The molecular formula is C32H55N2+. The van der Waals surface area contributed by atoms with Crippen LogP contribution in [0.25, 0.3) is 0 Å². The largest absolute Gasteiger partial charge is 0.256 e. The molecule has 1 aromatic carbocycles. The highest BCUT2D eigenvalue weighted by molar-refractivity contribution is 5.14. The van der Waals surface area contributed by atoms with Crippen LogP contribution in [0.5, 0.6) is 0 Å². The van der Waals surface area contributed by atoms with Gasteiger partial charge in [0.15, 0.2) is 0 Å². The Morgan fingerprint density at radius 3 is 1.74 bits per heavy atom. The summed E-state index contributed by atoms with van der Waals surface area (Å²) in [4.78, 5) is 0. The van der Waals surface area contributed by atoms with E-state index in [9.17, 15) is 0 Å². The normalized spacial score (nSPS) is 11.4. The van der Waals surface area contributed by atoms with Gasteiger partial charge in [0.25, 0.3) is 5.82 Å². The number of rotatable bonds is 22. The number of nitrogens with zero attached hydrogens (tertiary/aromatic N) is 2. The lowest BCUT2D eigenvalue weighted by Crippen LogP contribution is -2.37. The smallest absolute Gasteiger partial charge is 0.234 e. The molecule has 0 amide bonds. The minimum absolute atomic E-state index is 1.14. The second kappa shape index (κ2) is 19.7. The molecule has 1 aromatic heterocycles. The first-order valence-electron chi connectivity index (χ1n) is 15.0. The van der Waals surface area contributed by atoms with Crippen LogP contribution in [-0.2, 0) is 25.9 Å². The Morgan fingerprint density at radius 2 is 1.15 bits per heavy atom. The third-order valence-electron chi connectivity index (χ3n) is 7.30. The van der Waals surface area contributed by atoms with E-state index in [2.05, 4.69) is 65.7 Å². The Bertz CT molecular complexity index is 703. The molecule has 2 rings (SSSR count). The molecule has 2 aromatic rings. The first kappa shape index (κ1) is 28.7. The number of imidazole rings is 1. The monoisotopic (exact) mass is 467 g/mol. The van der Waals surface area contributed by atoms with Gasteiger partial charge in [-0.05, 0) is 37.7 Å². The molecule has 0 atom stereocenters. The standard InChI is InChI=1S/C32H55N2/c1-3-5-7-8-9-10-11-12-13-14-15-16-17-21-27-33-29-30-34(32(33)26-6-4-2)28-22-25-31-23-19-18-20-24-31/h18-20,23-24,29-30H,3-17,21-22,25-28H2,1-2H3/q+1. The van der Waals surface area contributed by atoms with Crippen molar-refractivity contribution in [3.8, 4) is 0 Å². The summed E-state index contributed by atoms with van der Waals surface area (Å²) in [7, 11) is 0. The van der Waals surface area contributed by atoms with Crippen LogP contribution in [0.4, 0.5) is 0 Å². The highest BCUT2D eigenvalue weighted by atomic mass is 15.1. The molecule has 0 aliphatic heterocycles. The molecule has 0 aliphatic carbocycles. The van der Waals surface area contributed by atoms with Crippen LogP contribution >= 0.6 is 0 Å². The Kier molecular flexibility index (Phi) is 16.6. The van der Waals surface area contributed by atoms with E-state index in [4.69, 9.17) is 0 Å². The Balaban J connectivity index is 1.56. The summed E-state index contributed by atoms with van der Waals surface area (Å²) < 4.78 is 5.08. The fourth-order valence-electron chi connectivity index (χ4n) is 5.10. The van der Waals surface area contributed by atoms with Crippen molar-refractivity contribution in [2.24, 2.45) is 0 Å². The molecule has 34 heavy (non-hydrogen) atoms. The van der Waals surface area contributed by atoms with Crippen LogP contribution in [0, 0.1) is 0 Å². The minimum Gasteiger partial charge on any atom is -0.234 e. The zero-order valence-corrected chi connectivity index (χ0v) is 22.8. The molecule has 2 heteroatoms. The summed E-state index contributed by atoms with van der Waals surface area (Å²) in [6, 6.07) is 10.9. The van der Waals surface area contributed by atoms with E-state index < -0.39 is 0 Å². The van der Waals surface area contributed by atoms with E-state index in [1.807, 2.05) is 0 Å². The van der Waals surface area contributed by atoms with Gasteiger partial charge in [0.2, 0.25) is 0 Å². The molecule has 0 aliphatic rings. The van der Waals surface area contributed by atoms with E-state index in [1.165, 1.54) is 134 Å². The lowest BCUT2D eigenvalue weighted by atomic mass is 10.0. The first-order valence-corrected chi connectivity index (χ1v) is 15.0.